The molecule has 1 aromatic carbocycles. The summed E-state index contributed by atoms with van der Waals surface area (Å²) in [6.07, 6.45) is 8.40. The summed E-state index contributed by atoms with van der Waals surface area (Å²) in [6, 6.07) is 9.89. The molecular weight excluding hydrogens is 400 g/mol. The van der Waals surface area contributed by atoms with Gasteiger partial charge in [-0.3, -0.25) is 19.9 Å². The molecule has 2 heterocycles. The molecule has 7 nitrogen and oxygen atoms in total. The molecule has 153 valence electrons. The number of aromatic nitrogens is 2. The number of amides is 1. The number of carbonyl (C=O) groups excluding carboxylic acids is 1. The second-order valence-corrected chi connectivity index (χ2v) is 8.23. The van der Waals surface area contributed by atoms with Crippen molar-refractivity contribution in [2.24, 2.45) is 0 Å². The molecular formula is C22H21N4O3S. The minimum atomic E-state index is -0.417. The van der Waals surface area contributed by atoms with Crippen molar-refractivity contribution in [2.75, 3.05) is 0 Å². The Bertz CT molecular complexity index is 1020. The Morgan fingerprint density at radius 2 is 1.93 bits per heavy atom. The number of non-ortho nitro benzene ring substituents is 1. The maximum Gasteiger partial charge on any atom is 0.269 e. The van der Waals surface area contributed by atoms with Crippen molar-refractivity contribution in [3.05, 3.63) is 92.5 Å². The SMILES string of the molecule is O=C([CH]Cc1ccncc1)N[C@@H](Cc1ccc([N+](=O)[O-])cc1)c1csc(C2CC2)n1. The van der Waals surface area contributed by atoms with E-state index in [1.807, 2.05) is 17.5 Å². The predicted molar refractivity (Wildman–Crippen MR) is 114 cm³/mol. The maximum atomic E-state index is 12.6. The summed E-state index contributed by atoms with van der Waals surface area (Å²) in [7, 11) is 0. The normalized spacial score (nSPS) is 14.3. The largest absolute Gasteiger partial charge is 0.347 e. The Labute approximate surface area is 178 Å². The molecule has 2 aromatic heterocycles. The van der Waals surface area contributed by atoms with Gasteiger partial charge < -0.3 is 5.32 Å². The van der Waals surface area contributed by atoms with E-state index in [1.54, 1.807) is 42.3 Å². The first kappa shape index (κ1) is 20.2. The molecule has 0 bridgehead atoms. The van der Waals surface area contributed by atoms with E-state index >= 15 is 0 Å². The molecule has 1 radical (unpaired) electrons. The molecule has 3 aromatic rings. The lowest BCUT2D eigenvalue weighted by atomic mass is 10.0. The zero-order valence-electron chi connectivity index (χ0n) is 16.2. The van der Waals surface area contributed by atoms with Crippen LogP contribution in [0.15, 0.2) is 54.2 Å². The van der Waals surface area contributed by atoms with E-state index < -0.39 is 4.92 Å². The lowest BCUT2D eigenvalue weighted by molar-refractivity contribution is -0.384. The van der Waals surface area contributed by atoms with Gasteiger partial charge in [0.1, 0.15) is 0 Å². The molecule has 1 N–H and O–H groups in total. The van der Waals surface area contributed by atoms with Gasteiger partial charge in [0.25, 0.3) is 5.69 Å². The highest BCUT2D eigenvalue weighted by Gasteiger charge is 2.28. The Hall–Kier alpha value is -3.13. The molecule has 0 unspecified atom stereocenters. The molecule has 1 aliphatic carbocycles. The molecule has 0 spiro atoms. The minimum absolute atomic E-state index is 0.0506. The summed E-state index contributed by atoms with van der Waals surface area (Å²) in [5.41, 5.74) is 2.80. The topological polar surface area (TPSA) is 98.0 Å². The first-order valence-corrected chi connectivity index (χ1v) is 10.7. The smallest absolute Gasteiger partial charge is 0.269 e. The van der Waals surface area contributed by atoms with Crippen LogP contribution in [-0.4, -0.2) is 20.8 Å². The zero-order valence-corrected chi connectivity index (χ0v) is 17.0. The van der Waals surface area contributed by atoms with E-state index in [0.717, 1.165) is 21.8 Å². The van der Waals surface area contributed by atoms with Gasteiger partial charge in [0, 0.05) is 35.8 Å². The van der Waals surface area contributed by atoms with Crippen LogP contribution in [-0.2, 0) is 17.6 Å². The van der Waals surface area contributed by atoms with Crippen LogP contribution in [0.1, 0.15) is 46.6 Å². The fraction of sp³-hybridized carbons (Fsp3) is 0.273. The fourth-order valence-corrected chi connectivity index (χ4v) is 4.20. The summed E-state index contributed by atoms with van der Waals surface area (Å²) < 4.78 is 0. The van der Waals surface area contributed by atoms with Crippen LogP contribution in [0.5, 0.6) is 0 Å². The molecule has 8 heteroatoms. The maximum absolute atomic E-state index is 12.6. The fourth-order valence-electron chi connectivity index (χ4n) is 3.16. The van der Waals surface area contributed by atoms with Crippen LogP contribution in [0.2, 0.25) is 0 Å². The third kappa shape index (κ3) is 5.27. The predicted octanol–water partition coefficient (Wildman–Crippen LogP) is 4.17. The zero-order chi connectivity index (χ0) is 20.9. The number of benzene rings is 1. The van der Waals surface area contributed by atoms with E-state index in [0.29, 0.717) is 18.8 Å². The van der Waals surface area contributed by atoms with Crippen molar-refractivity contribution in [3.63, 3.8) is 0 Å². The van der Waals surface area contributed by atoms with Crippen molar-refractivity contribution >= 4 is 22.9 Å². The third-order valence-electron chi connectivity index (χ3n) is 5.00. The van der Waals surface area contributed by atoms with Gasteiger partial charge >= 0.3 is 0 Å². The Balaban J connectivity index is 1.46. The Morgan fingerprint density at radius 3 is 2.60 bits per heavy atom. The molecule has 1 amide bonds. The highest BCUT2D eigenvalue weighted by Crippen LogP contribution is 2.42. The number of rotatable bonds is 9. The van der Waals surface area contributed by atoms with Crippen LogP contribution >= 0.6 is 11.3 Å². The van der Waals surface area contributed by atoms with E-state index in [2.05, 4.69) is 10.3 Å². The quantitative estimate of drug-likeness (QED) is 0.413. The standard InChI is InChI=1S/C22H21N4O3S/c27-21(8-3-15-9-11-23-12-10-15)24-19(20-14-30-22(25-20)17-4-5-17)13-16-1-6-18(7-2-16)26(28)29/h1-2,6-12,14,17,19H,3-5,13H2,(H,24,27)/t19-/m0/s1. The Kier molecular flexibility index (Phi) is 6.13. The van der Waals surface area contributed by atoms with Crippen molar-refractivity contribution in [1.29, 1.82) is 0 Å². The van der Waals surface area contributed by atoms with Gasteiger partial charge in [-0.2, -0.15) is 0 Å². The highest BCUT2D eigenvalue weighted by molar-refractivity contribution is 7.09. The third-order valence-corrected chi connectivity index (χ3v) is 6.02. The summed E-state index contributed by atoms with van der Waals surface area (Å²) in [5, 5.41) is 17.1. The van der Waals surface area contributed by atoms with Crippen molar-refractivity contribution in [1.82, 2.24) is 15.3 Å². The molecule has 4 rings (SSSR count). The molecule has 1 atom stereocenters. The molecule has 0 aliphatic heterocycles. The molecule has 1 saturated carbocycles. The average Bonchev–Trinajstić information content (AvgIpc) is 3.49. The second kappa shape index (κ2) is 9.13. The summed E-state index contributed by atoms with van der Waals surface area (Å²) in [6.45, 7) is 0. The number of nitro groups is 1. The first-order chi connectivity index (χ1) is 14.6. The van der Waals surface area contributed by atoms with Crippen LogP contribution in [0.3, 0.4) is 0 Å². The second-order valence-electron chi connectivity index (χ2n) is 7.34. The van der Waals surface area contributed by atoms with Gasteiger partial charge in [0.15, 0.2) is 0 Å². The lowest BCUT2D eigenvalue weighted by Gasteiger charge is -2.17. The van der Waals surface area contributed by atoms with Crippen molar-refractivity contribution in [3.8, 4) is 0 Å². The van der Waals surface area contributed by atoms with Crippen molar-refractivity contribution < 1.29 is 9.72 Å². The first-order valence-electron chi connectivity index (χ1n) is 9.80. The van der Waals surface area contributed by atoms with Crippen molar-refractivity contribution in [2.45, 2.75) is 37.6 Å². The van der Waals surface area contributed by atoms with Crippen LogP contribution in [0, 0.1) is 16.5 Å². The van der Waals surface area contributed by atoms with E-state index in [-0.39, 0.29) is 17.6 Å². The van der Waals surface area contributed by atoms with Crippen LogP contribution < -0.4 is 5.32 Å². The summed E-state index contributed by atoms with van der Waals surface area (Å²) in [5.74, 6) is 0.387. The number of hydrogen-bond acceptors (Lipinski definition) is 6. The summed E-state index contributed by atoms with van der Waals surface area (Å²) >= 11 is 1.63. The van der Waals surface area contributed by atoms with E-state index in [1.165, 1.54) is 25.0 Å². The van der Waals surface area contributed by atoms with Gasteiger partial charge in [0.05, 0.1) is 28.1 Å². The number of carbonyl (C=O) groups is 1. The van der Waals surface area contributed by atoms with Crippen LogP contribution in [0.25, 0.3) is 0 Å². The highest BCUT2D eigenvalue weighted by atomic mass is 32.1. The van der Waals surface area contributed by atoms with Gasteiger partial charge in [-0.1, -0.05) is 12.1 Å². The van der Waals surface area contributed by atoms with Gasteiger partial charge in [0.2, 0.25) is 5.91 Å². The number of nitrogens with zero attached hydrogens (tertiary/aromatic N) is 3. The van der Waals surface area contributed by atoms with Crippen LogP contribution in [0.4, 0.5) is 5.69 Å². The number of hydrogen-bond donors (Lipinski definition) is 1. The summed E-state index contributed by atoms with van der Waals surface area (Å²) in [4.78, 5) is 31.8. The molecule has 1 fully saturated rings. The van der Waals surface area contributed by atoms with Gasteiger partial charge in [-0.25, -0.2) is 4.98 Å². The number of nitro benzene ring substituents is 1. The molecule has 0 saturated heterocycles. The molecule has 1 aliphatic rings. The molecule has 30 heavy (non-hydrogen) atoms. The number of thiazole rings is 1. The Morgan fingerprint density at radius 1 is 1.20 bits per heavy atom. The van der Waals surface area contributed by atoms with Gasteiger partial charge in [-0.05, 0) is 48.9 Å². The minimum Gasteiger partial charge on any atom is -0.347 e. The average molecular weight is 422 g/mol. The lowest BCUT2D eigenvalue weighted by Crippen LogP contribution is -2.30. The van der Waals surface area contributed by atoms with Gasteiger partial charge in [-0.15, -0.1) is 11.3 Å². The number of pyridine rings is 1. The van der Waals surface area contributed by atoms with E-state index in [9.17, 15) is 14.9 Å². The van der Waals surface area contributed by atoms with E-state index in [4.69, 9.17) is 4.98 Å². The number of nitrogens with one attached hydrogen (secondary N) is 1. The monoisotopic (exact) mass is 421 g/mol.